The van der Waals surface area contributed by atoms with Crippen LogP contribution in [0.4, 0.5) is 13.6 Å². The molecule has 0 aliphatic carbocycles. The minimum Gasteiger partial charge on any atom is -0.393 e. The van der Waals surface area contributed by atoms with Crippen LogP contribution in [-0.2, 0) is 4.79 Å². The number of urea groups is 1. The predicted molar refractivity (Wildman–Crippen MR) is 135 cm³/mol. The zero-order valence-electron chi connectivity index (χ0n) is 21.7. The Kier molecular flexibility index (Phi) is 8.84. The van der Waals surface area contributed by atoms with Crippen LogP contribution in [-0.4, -0.2) is 85.0 Å². The van der Waals surface area contributed by atoms with E-state index in [1.54, 1.807) is 11.9 Å². The van der Waals surface area contributed by atoms with Crippen LogP contribution < -0.4 is 10.6 Å². The minimum atomic E-state index is -0.970. The number of halogens is 2. The second-order valence-corrected chi connectivity index (χ2v) is 10.6. The fourth-order valence-corrected chi connectivity index (χ4v) is 4.56. The highest BCUT2D eigenvalue weighted by Gasteiger charge is 2.37. The van der Waals surface area contributed by atoms with Gasteiger partial charge in [0.2, 0.25) is 5.91 Å². The van der Waals surface area contributed by atoms with Crippen LogP contribution in [0.25, 0.3) is 0 Å². The molecule has 0 bridgehead atoms. The molecule has 3 amide bonds. The summed E-state index contributed by atoms with van der Waals surface area (Å²) >= 11 is 0. The van der Waals surface area contributed by atoms with E-state index in [0.717, 1.165) is 12.1 Å². The van der Waals surface area contributed by atoms with E-state index < -0.39 is 35.2 Å². The summed E-state index contributed by atoms with van der Waals surface area (Å²) in [6.07, 6.45) is 1.14. The first kappa shape index (κ1) is 27.7. The van der Waals surface area contributed by atoms with Gasteiger partial charge in [-0.25, -0.2) is 13.6 Å². The maximum absolute atomic E-state index is 13.9. The molecule has 198 valence electrons. The predicted octanol–water partition coefficient (Wildman–Crippen LogP) is 2.67. The van der Waals surface area contributed by atoms with Gasteiger partial charge in [0, 0.05) is 56.5 Å². The van der Waals surface area contributed by atoms with Crippen molar-refractivity contribution < 1.29 is 23.5 Å². The Morgan fingerprint density at radius 2 is 1.81 bits per heavy atom. The van der Waals surface area contributed by atoms with Crippen LogP contribution in [0.5, 0.6) is 0 Å². The van der Waals surface area contributed by atoms with E-state index in [-0.39, 0.29) is 5.91 Å². The smallest absolute Gasteiger partial charge is 0.319 e. The number of nitrogens with one attached hydrogen (secondary N) is 2. The van der Waals surface area contributed by atoms with Gasteiger partial charge in [0.25, 0.3) is 0 Å². The molecule has 3 N–H and O–H groups in total. The zero-order valence-corrected chi connectivity index (χ0v) is 21.7. The lowest BCUT2D eigenvalue weighted by Crippen LogP contribution is -2.58. The van der Waals surface area contributed by atoms with Gasteiger partial charge in [-0.15, -0.1) is 0 Å². The van der Waals surface area contributed by atoms with Crippen LogP contribution in [0.1, 0.15) is 45.6 Å². The molecule has 2 aliphatic heterocycles. The Morgan fingerprint density at radius 3 is 2.39 bits per heavy atom. The average Bonchev–Trinajstić information content (AvgIpc) is 2.81. The first-order valence-corrected chi connectivity index (χ1v) is 12.3. The Hall–Kier alpha value is -2.85. The molecule has 3 rings (SSSR count). The van der Waals surface area contributed by atoms with Crippen molar-refractivity contribution in [2.45, 2.75) is 52.2 Å². The summed E-state index contributed by atoms with van der Waals surface area (Å²) in [7, 11) is 3.50. The van der Waals surface area contributed by atoms with Crippen molar-refractivity contribution in [1.29, 1.82) is 0 Å². The highest BCUT2D eigenvalue weighted by molar-refractivity contribution is 6.13. The average molecular weight is 506 g/mol. The first-order chi connectivity index (χ1) is 16.9. The molecule has 1 aromatic rings. The Balaban J connectivity index is 1.83. The monoisotopic (exact) mass is 505 g/mol. The van der Waals surface area contributed by atoms with Gasteiger partial charge in [0.15, 0.2) is 11.6 Å². The summed E-state index contributed by atoms with van der Waals surface area (Å²) in [4.78, 5) is 34.5. The third kappa shape index (κ3) is 6.67. The fraction of sp³-hybridized carbons (Fsp3) is 0.577. The molecule has 1 atom stereocenters. The number of aliphatic hydroxyl groups excluding tert-OH is 1. The highest BCUT2D eigenvalue weighted by Crippen LogP contribution is 2.24. The molecule has 2 aliphatic rings. The number of hydrogen-bond acceptors (Lipinski definition) is 5. The van der Waals surface area contributed by atoms with Gasteiger partial charge >= 0.3 is 6.03 Å². The number of likely N-dealkylation sites (tertiary alicyclic amines) is 1. The lowest BCUT2D eigenvalue weighted by molar-refractivity contribution is -0.137. The molecule has 2 heterocycles. The number of carbonyl (C=O) groups excluding carboxylic acids is 2. The summed E-state index contributed by atoms with van der Waals surface area (Å²) in [5.41, 5.74) is 1.66. The van der Waals surface area contributed by atoms with Crippen molar-refractivity contribution in [3.05, 3.63) is 46.7 Å². The number of nitrogens with zero attached hydrogens (tertiary/aromatic N) is 3. The Bertz CT molecular complexity index is 1040. The number of aliphatic imine (C=N–C) groups is 1. The minimum absolute atomic E-state index is 0.181. The van der Waals surface area contributed by atoms with Crippen LogP contribution in [0.15, 0.2) is 34.5 Å². The number of carbonyl (C=O) groups is 2. The van der Waals surface area contributed by atoms with E-state index in [4.69, 9.17) is 0 Å². The number of rotatable bonds is 5. The van der Waals surface area contributed by atoms with Gasteiger partial charge < -0.3 is 25.5 Å². The molecule has 0 unspecified atom stereocenters. The van der Waals surface area contributed by atoms with Gasteiger partial charge in [-0.3, -0.25) is 9.79 Å². The molecule has 0 aromatic heterocycles. The molecular weight excluding hydrogens is 468 g/mol. The third-order valence-corrected chi connectivity index (χ3v) is 6.67. The molecule has 36 heavy (non-hydrogen) atoms. The second-order valence-electron chi connectivity index (χ2n) is 10.6. The summed E-state index contributed by atoms with van der Waals surface area (Å²) in [5.74, 6) is -2.09. The van der Waals surface area contributed by atoms with Crippen molar-refractivity contribution in [3.8, 4) is 0 Å². The first-order valence-electron chi connectivity index (χ1n) is 12.3. The zero-order chi connectivity index (χ0) is 26.6. The van der Waals surface area contributed by atoms with Crippen LogP contribution in [0, 0.1) is 17.0 Å². The summed E-state index contributed by atoms with van der Waals surface area (Å²) in [5, 5.41) is 15.5. The standard InChI is InChI=1S/C26H37F2N5O3/c1-26(2,3)23(24(35)33-12-8-17(34)9-13-33)31-25(36)30-21-10-11-32(5)15-18(21)22(29-4)16-6-7-19(27)20(28)14-16/h6-7,14,17,23,34H,8-13,15H2,1-5H3,(H2,30,31,36)/t23-/m1/s1. The molecule has 0 saturated carbocycles. The lowest BCUT2D eigenvalue weighted by Gasteiger charge is -2.37. The number of amides is 3. The number of piperidine rings is 1. The van der Waals surface area contributed by atoms with Gasteiger partial charge in [-0.1, -0.05) is 20.8 Å². The highest BCUT2D eigenvalue weighted by atomic mass is 19.2. The number of likely N-dealkylation sites (N-methyl/N-ethyl adjacent to an activating group) is 1. The van der Waals surface area contributed by atoms with Crippen LogP contribution in [0.3, 0.4) is 0 Å². The molecule has 1 fully saturated rings. The molecule has 8 nitrogen and oxygen atoms in total. The summed E-state index contributed by atoms with van der Waals surface area (Å²) in [6.45, 7) is 7.70. The molecule has 1 saturated heterocycles. The molecular formula is C26H37F2N5O3. The van der Waals surface area contributed by atoms with Gasteiger partial charge in [0.05, 0.1) is 11.8 Å². The Morgan fingerprint density at radius 1 is 1.14 bits per heavy atom. The number of aliphatic hydroxyl groups is 1. The van der Waals surface area contributed by atoms with Gasteiger partial charge in [0.1, 0.15) is 6.04 Å². The van der Waals surface area contributed by atoms with Crippen molar-refractivity contribution in [3.63, 3.8) is 0 Å². The van der Waals surface area contributed by atoms with E-state index >= 15 is 0 Å². The van der Waals surface area contributed by atoms with Gasteiger partial charge in [-0.2, -0.15) is 0 Å². The van der Waals surface area contributed by atoms with Crippen LogP contribution >= 0.6 is 0 Å². The van der Waals surface area contributed by atoms with Gasteiger partial charge in [-0.05, 0) is 43.5 Å². The normalized spacial score (nSPS) is 19.3. The van der Waals surface area contributed by atoms with Crippen molar-refractivity contribution >= 4 is 17.6 Å². The topological polar surface area (TPSA) is 97.3 Å². The molecule has 1 aromatic carbocycles. The third-order valence-electron chi connectivity index (χ3n) is 6.67. The number of benzene rings is 1. The van der Waals surface area contributed by atoms with Crippen molar-refractivity contribution in [2.75, 3.05) is 40.3 Å². The van der Waals surface area contributed by atoms with E-state index in [1.165, 1.54) is 6.07 Å². The largest absolute Gasteiger partial charge is 0.393 e. The quantitative estimate of drug-likeness (QED) is 0.536. The van der Waals surface area contributed by atoms with E-state index in [9.17, 15) is 23.5 Å². The Labute approximate surface area is 211 Å². The van der Waals surface area contributed by atoms with E-state index in [2.05, 4.69) is 20.5 Å². The molecule has 10 heteroatoms. The number of hydrogen-bond donors (Lipinski definition) is 3. The van der Waals surface area contributed by atoms with Crippen molar-refractivity contribution in [2.24, 2.45) is 10.4 Å². The van der Waals surface area contributed by atoms with Crippen molar-refractivity contribution in [1.82, 2.24) is 20.4 Å². The summed E-state index contributed by atoms with van der Waals surface area (Å²) in [6, 6.07) is 2.33. The van der Waals surface area contributed by atoms with Crippen LogP contribution in [0.2, 0.25) is 0 Å². The molecule has 0 radical (unpaired) electrons. The SMILES string of the molecule is CN=C(C1=C(NC(=O)N[C@H](C(=O)N2CCC(O)CC2)C(C)(C)C)CCN(C)C1)c1ccc(F)c(F)c1. The maximum atomic E-state index is 13.9. The molecule has 0 spiro atoms. The van der Waals surface area contributed by atoms with E-state index in [0.29, 0.717) is 68.0 Å². The lowest BCUT2D eigenvalue weighted by atomic mass is 9.85. The van der Waals surface area contributed by atoms with E-state index in [1.807, 2.05) is 27.8 Å². The summed E-state index contributed by atoms with van der Waals surface area (Å²) < 4.78 is 27.5. The second kappa shape index (κ2) is 11.5. The maximum Gasteiger partial charge on any atom is 0.319 e. The fourth-order valence-electron chi connectivity index (χ4n) is 4.56.